The molecule has 1 saturated carbocycles. The lowest BCUT2D eigenvalue weighted by Crippen LogP contribution is -2.49. The minimum atomic E-state index is -0.830. The molecule has 0 bridgehead atoms. The summed E-state index contributed by atoms with van der Waals surface area (Å²) < 4.78 is 0. The number of carbonyl (C=O) groups is 2. The first-order valence-corrected chi connectivity index (χ1v) is 7.17. The van der Waals surface area contributed by atoms with Gasteiger partial charge in [-0.2, -0.15) is 0 Å². The number of amides is 2. The molecule has 19 heavy (non-hydrogen) atoms. The van der Waals surface area contributed by atoms with Crippen LogP contribution in [0.4, 0.5) is 4.79 Å². The predicted octanol–water partition coefficient (Wildman–Crippen LogP) is 2.36. The lowest BCUT2D eigenvalue weighted by molar-refractivity contribution is -0.137. The van der Waals surface area contributed by atoms with Crippen molar-refractivity contribution in [3.8, 4) is 0 Å². The maximum atomic E-state index is 11.8. The molecular formula is C14H26N2O3. The Balaban J connectivity index is 2.28. The summed E-state index contributed by atoms with van der Waals surface area (Å²) in [6.07, 6.45) is 3.88. The summed E-state index contributed by atoms with van der Waals surface area (Å²) in [6, 6.07) is -0.0546. The second-order valence-corrected chi connectivity index (χ2v) is 5.95. The molecule has 0 saturated heterocycles. The number of hydrogen-bond acceptors (Lipinski definition) is 2. The number of carboxylic acid groups (broad SMARTS) is 1. The van der Waals surface area contributed by atoms with Gasteiger partial charge in [0.2, 0.25) is 0 Å². The van der Waals surface area contributed by atoms with Crippen molar-refractivity contribution in [1.29, 1.82) is 0 Å². The topological polar surface area (TPSA) is 78.4 Å². The van der Waals surface area contributed by atoms with E-state index in [0.717, 1.165) is 25.2 Å². The third-order valence-corrected chi connectivity index (χ3v) is 3.92. The molecular weight excluding hydrogens is 244 g/mol. The highest BCUT2D eigenvalue weighted by Gasteiger charge is 2.26. The van der Waals surface area contributed by atoms with Crippen molar-refractivity contribution in [2.45, 2.75) is 65.0 Å². The zero-order chi connectivity index (χ0) is 14.4. The molecule has 0 spiro atoms. The Hall–Kier alpha value is -1.26. The van der Waals surface area contributed by atoms with E-state index in [1.54, 1.807) is 0 Å². The normalized spacial score (nSPS) is 28.5. The molecule has 5 heteroatoms. The van der Waals surface area contributed by atoms with Crippen molar-refractivity contribution in [2.24, 2.45) is 11.8 Å². The van der Waals surface area contributed by atoms with Crippen LogP contribution in [-0.4, -0.2) is 29.2 Å². The second kappa shape index (κ2) is 7.36. The molecule has 0 aliphatic heterocycles. The molecule has 4 unspecified atom stereocenters. The molecule has 0 heterocycles. The summed E-state index contributed by atoms with van der Waals surface area (Å²) in [6.45, 7) is 6.25. The van der Waals surface area contributed by atoms with Crippen LogP contribution in [0.5, 0.6) is 0 Å². The Kier molecular flexibility index (Phi) is 6.12. The molecule has 0 aromatic rings. The van der Waals surface area contributed by atoms with Crippen LogP contribution in [0.15, 0.2) is 0 Å². The highest BCUT2D eigenvalue weighted by Crippen LogP contribution is 2.28. The van der Waals surface area contributed by atoms with Gasteiger partial charge in [0.15, 0.2) is 0 Å². The number of rotatable bonds is 5. The summed E-state index contributed by atoms with van der Waals surface area (Å²) in [5, 5.41) is 14.4. The molecule has 110 valence electrons. The Morgan fingerprint density at radius 2 is 2.00 bits per heavy atom. The number of hydrogen-bond donors (Lipinski definition) is 3. The third-order valence-electron chi connectivity index (χ3n) is 3.92. The van der Waals surface area contributed by atoms with Gasteiger partial charge in [0.25, 0.3) is 0 Å². The fourth-order valence-electron chi connectivity index (χ4n) is 2.73. The Bertz CT molecular complexity index is 320. The SMILES string of the molecule is CC1CCC(NC(=O)NC(C)CCC(=O)O)C(C)C1. The molecule has 0 aromatic heterocycles. The fourth-order valence-corrected chi connectivity index (χ4v) is 2.73. The van der Waals surface area contributed by atoms with Gasteiger partial charge in [0, 0.05) is 18.5 Å². The minimum absolute atomic E-state index is 0.0821. The van der Waals surface area contributed by atoms with Crippen LogP contribution in [-0.2, 0) is 4.79 Å². The van der Waals surface area contributed by atoms with Gasteiger partial charge in [-0.1, -0.05) is 13.8 Å². The van der Waals surface area contributed by atoms with Gasteiger partial charge in [-0.25, -0.2) is 4.79 Å². The van der Waals surface area contributed by atoms with Crippen molar-refractivity contribution < 1.29 is 14.7 Å². The van der Waals surface area contributed by atoms with Gasteiger partial charge in [0.05, 0.1) is 0 Å². The van der Waals surface area contributed by atoms with Gasteiger partial charge in [0.1, 0.15) is 0 Å². The molecule has 5 nitrogen and oxygen atoms in total. The number of carboxylic acids is 1. The summed E-state index contributed by atoms with van der Waals surface area (Å²) >= 11 is 0. The van der Waals surface area contributed by atoms with Crippen LogP contribution >= 0.6 is 0 Å². The van der Waals surface area contributed by atoms with E-state index in [1.807, 2.05) is 6.92 Å². The minimum Gasteiger partial charge on any atom is -0.481 e. The van der Waals surface area contributed by atoms with E-state index in [9.17, 15) is 9.59 Å². The lowest BCUT2D eigenvalue weighted by Gasteiger charge is -2.33. The van der Waals surface area contributed by atoms with Crippen LogP contribution in [0.2, 0.25) is 0 Å². The maximum Gasteiger partial charge on any atom is 0.315 e. The highest BCUT2D eigenvalue weighted by molar-refractivity contribution is 5.74. The summed E-state index contributed by atoms with van der Waals surface area (Å²) in [7, 11) is 0. The maximum absolute atomic E-state index is 11.8. The predicted molar refractivity (Wildman–Crippen MR) is 74.0 cm³/mol. The molecule has 2 amide bonds. The molecule has 1 aliphatic rings. The molecule has 3 N–H and O–H groups in total. The number of urea groups is 1. The smallest absolute Gasteiger partial charge is 0.315 e. The van der Waals surface area contributed by atoms with Gasteiger partial charge in [-0.05, 0) is 44.4 Å². The van der Waals surface area contributed by atoms with Crippen molar-refractivity contribution >= 4 is 12.0 Å². The third kappa shape index (κ3) is 5.94. The van der Waals surface area contributed by atoms with Crippen molar-refractivity contribution in [3.05, 3.63) is 0 Å². The van der Waals surface area contributed by atoms with Crippen LogP contribution in [0.25, 0.3) is 0 Å². The van der Waals surface area contributed by atoms with Crippen LogP contribution in [0.3, 0.4) is 0 Å². The molecule has 1 rings (SSSR count). The molecule has 0 radical (unpaired) electrons. The van der Waals surface area contributed by atoms with E-state index in [4.69, 9.17) is 5.11 Å². The largest absolute Gasteiger partial charge is 0.481 e. The monoisotopic (exact) mass is 270 g/mol. The Morgan fingerprint density at radius 1 is 1.32 bits per heavy atom. The van der Waals surface area contributed by atoms with Gasteiger partial charge in [-0.3, -0.25) is 4.79 Å². The van der Waals surface area contributed by atoms with E-state index in [2.05, 4.69) is 24.5 Å². The van der Waals surface area contributed by atoms with E-state index >= 15 is 0 Å². The first kappa shape index (κ1) is 15.8. The van der Waals surface area contributed by atoms with E-state index in [1.165, 1.54) is 0 Å². The fraction of sp³-hybridized carbons (Fsp3) is 0.857. The van der Waals surface area contributed by atoms with E-state index < -0.39 is 5.97 Å². The van der Waals surface area contributed by atoms with Gasteiger partial charge < -0.3 is 15.7 Å². The van der Waals surface area contributed by atoms with Crippen molar-refractivity contribution in [3.63, 3.8) is 0 Å². The Morgan fingerprint density at radius 3 is 2.58 bits per heavy atom. The van der Waals surface area contributed by atoms with Crippen molar-refractivity contribution in [2.75, 3.05) is 0 Å². The Labute approximate surface area is 115 Å². The quantitative estimate of drug-likeness (QED) is 0.717. The van der Waals surface area contributed by atoms with Crippen LogP contribution in [0.1, 0.15) is 52.9 Å². The van der Waals surface area contributed by atoms with E-state index in [0.29, 0.717) is 12.3 Å². The lowest BCUT2D eigenvalue weighted by atomic mass is 9.80. The number of carbonyl (C=O) groups excluding carboxylic acids is 1. The zero-order valence-corrected chi connectivity index (χ0v) is 12.1. The number of aliphatic carboxylic acids is 1. The standard InChI is InChI=1S/C14H26N2O3/c1-9-4-6-12(10(2)8-9)16-14(19)15-11(3)5-7-13(17)18/h9-12H,4-8H2,1-3H3,(H,17,18)(H2,15,16,19). The van der Waals surface area contributed by atoms with E-state index in [-0.39, 0.29) is 24.5 Å². The highest BCUT2D eigenvalue weighted by atomic mass is 16.4. The summed E-state index contributed by atoms with van der Waals surface area (Å²) in [5.74, 6) is 0.415. The average Bonchev–Trinajstić information content (AvgIpc) is 2.30. The number of nitrogens with one attached hydrogen (secondary N) is 2. The summed E-state index contributed by atoms with van der Waals surface area (Å²) in [5.41, 5.74) is 0. The molecule has 4 atom stereocenters. The van der Waals surface area contributed by atoms with Crippen LogP contribution < -0.4 is 10.6 Å². The molecule has 1 aliphatic carbocycles. The summed E-state index contributed by atoms with van der Waals surface area (Å²) in [4.78, 5) is 22.3. The average molecular weight is 270 g/mol. The second-order valence-electron chi connectivity index (χ2n) is 5.95. The van der Waals surface area contributed by atoms with Gasteiger partial charge in [-0.15, -0.1) is 0 Å². The van der Waals surface area contributed by atoms with Gasteiger partial charge >= 0.3 is 12.0 Å². The van der Waals surface area contributed by atoms with Crippen LogP contribution in [0, 0.1) is 11.8 Å². The zero-order valence-electron chi connectivity index (χ0n) is 12.1. The first-order chi connectivity index (χ1) is 8.88. The van der Waals surface area contributed by atoms with Crippen molar-refractivity contribution in [1.82, 2.24) is 10.6 Å². The molecule has 1 fully saturated rings. The first-order valence-electron chi connectivity index (χ1n) is 7.17. The molecule has 0 aromatic carbocycles.